The van der Waals surface area contributed by atoms with Gasteiger partial charge in [0.15, 0.2) is 0 Å². The van der Waals surface area contributed by atoms with Crippen LogP contribution in [0, 0.1) is 5.92 Å². The Kier molecular flexibility index (Phi) is 7.11. The molecule has 4 N–H and O–H groups in total. The molecule has 1 rings (SSSR count). The highest BCUT2D eigenvalue weighted by atomic mass is 32.2. The number of nitrogens with one attached hydrogen (secondary N) is 2. The molecular formula is C14H21N3O2S. The van der Waals surface area contributed by atoms with E-state index in [0.29, 0.717) is 18.7 Å². The monoisotopic (exact) mass is 295 g/mol. The fourth-order valence-electron chi connectivity index (χ4n) is 1.61. The number of anilines is 1. The van der Waals surface area contributed by atoms with E-state index < -0.39 is 0 Å². The van der Waals surface area contributed by atoms with Gasteiger partial charge in [0.05, 0.1) is 5.69 Å². The average molecular weight is 295 g/mol. The van der Waals surface area contributed by atoms with Crippen molar-refractivity contribution in [2.24, 2.45) is 11.7 Å². The summed E-state index contributed by atoms with van der Waals surface area (Å²) in [4.78, 5) is 23.7. The largest absolute Gasteiger partial charge is 0.370 e. The van der Waals surface area contributed by atoms with Crippen molar-refractivity contribution >= 4 is 29.3 Å². The molecule has 0 fully saturated rings. The molecule has 0 saturated carbocycles. The number of carbonyl (C=O) groups is 2. The summed E-state index contributed by atoms with van der Waals surface area (Å²) < 4.78 is 0. The Bertz CT molecular complexity index is 465. The first kappa shape index (κ1) is 16.5. The first-order valence-corrected chi connectivity index (χ1v) is 7.48. The van der Waals surface area contributed by atoms with Crippen LogP contribution in [0.2, 0.25) is 0 Å². The van der Waals surface area contributed by atoms with E-state index in [4.69, 9.17) is 5.73 Å². The summed E-state index contributed by atoms with van der Waals surface area (Å²) in [7, 11) is 1.82. The Labute approximate surface area is 123 Å². The molecule has 0 aromatic heterocycles. The third-order valence-electron chi connectivity index (χ3n) is 2.71. The van der Waals surface area contributed by atoms with E-state index in [1.807, 2.05) is 38.2 Å². The van der Waals surface area contributed by atoms with Crippen molar-refractivity contribution in [2.45, 2.75) is 18.2 Å². The number of primary amides is 1. The smallest absolute Gasteiger partial charge is 0.228 e. The van der Waals surface area contributed by atoms with Gasteiger partial charge in [0.2, 0.25) is 11.8 Å². The molecule has 0 heterocycles. The highest BCUT2D eigenvalue weighted by Gasteiger charge is 2.13. The van der Waals surface area contributed by atoms with E-state index in [0.717, 1.165) is 10.6 Å². The van der Waals surface area contributed by atoms with Gasteiger partial charge in [0.25, 0.3) is 0 Å². The third kappa shape index (κ3) is 5.63. The molecule has 2 amide bonds. The first-order chi connectivity index (χ1) is 9.54. The maximum absolute atomic E-state index is 12.0. The maximum atomic E-state index is 12.0. The SMILES string of the molecule is CNCC(C)C(=O)Nc1ccccc1SCCC(N)=O. The quantitative estimate of drug-likeness (QED) is 0.634. The minimum Gasteiger partial charge on any atom is -0.370 e. The molecule has 0 bridgehead atoms. The molecule has 1 atom stereocenters. The van der Waals surface area contributed by atoms with E-state index in [9.17, 15) is 9.59 Å². The van der Waals surface area contributed by atoms with Gasteiger partial charge in [-0.1, -0.05) is 19.1 Å². The molecule has 1 unspecified atom stereocenters. The number of hydrogen-bond donors (Lipinski definition) is 3. The summed E-state index contributed by atoms with van der Waals surface area (Å²) in [6.07, 6.45) is 0.323. The van der Waals surface area contributed by atoms with Crippen molar-refractivity contribution in [3.63, 3.8) is 0 Å². The molecule has 110 valence electrons. The number of rotatable bonds is 8. The van der Waals surface area contributed by atoms with Crippen LogP contribution in [0.15, 0.2) is 29.2 Å². The standard InChI is InChI=1S/C14H21N3O2S/c1-10(9-16-2)14(19)17-11-5-3-4-6-12(11)20-8-7-13(15)18/h3-6,10,16H,7-9H2,1-2H3,(H2,15,18)(H,17,19). The highest BCUT2D eigenvalue weighted by Crippen LogP contribution is 2.27. The Morgan fingerprint density at radius 1 is 1.35 bits per heavy atom. The normalized spacial score (nSPS) is 11.9. The number of nitrogens with two attached hydrogens (primary N) is 1. The topological polar surface area (TPSA) is 84.2 Å². The summed E-state index contributed by atoms with van der Waals surface area (Å²) >= 11 is 1.51. The van der Waals surface area contributed by atoms with Crippen molar-refractivity contribution < 1.29 is 9.59 Å². The van der Waals surface area contributed by atoms with E-state index in [1.54, 1.807) is 0 Å². The van der Waals surface area contributed by atoms with Crippen LogP contribution in [0.25, 0.3) is 0 Å². The minimum absolute atomic E-state index is 0.0256. The van der Waals surface area contributed by atoms with Gasteiger partial charge in [-0.05, 0) is 19.2 Å². The molecule has 5 nitrogen and oxygen atoms in total. The Balaban J connectivity index is 2.65. The minimum atomic E-state index is -0.318. The number of thioether (sulfide) groups is 1. The molecule has 1 aromatic carbocycles. The Morgan fingerprint density at radius 2 is 2.05 bits per heavy atom. The second-order valence-electron chi connectivity index (χ2n) is 4.51. The molecule has 0 aliphatic heterocycles. The first-order valence-electron chi connectivity index (χ1n) is 6.50. The van der Waals surface area contributed by atoms with E-state index >= 15 is 0 Å². The lowest BCUT2D eigenvalue weighted by Gasteiger charge is -2.14. The van der Waals surface area contributed by atoms with Gasteiger partial charge in [-0.25, -0.2) is 0 Å². The third-order valence-corrected chi connectivity index (χ3v) is 3.78. The van der Waals surface area contributed by atoms with Gasteiger partial charge < -0.3 is 16.4 Å². The van der Waals surface area contributed by atoms with Gasteiger partial charge in [0, 0.05) is 29.5 Å². The van der Waals surface area contributed by atoms with Crippen molar-refractivity contribution in [3.8, 4) is 0 Å². The van der Waals surface area contributed by atoms with Crippen molar-refractivity contribution in [2.75, 3.05) is 24.7 Å². The van der Waals surface area contributed by atoms with Gasteiger partial charge >= 0.3 is 0 Å². The number of carbonyl (C=O) groups excluding carboxylic acids is 2. The van der Waals surface area contributed by atoms with Gasteiger partial charge in [0.1, 0.15) is 0 Å². The van der Waals surface area contributed by atoms with E-state index in [1.165, 1.54) is 11.8 Å². The summed E-state index contributed by atoms with van der Waals surface area (Å²) in [5.41, 5.74) is 5.89. The predicted octanol–water partition coefficient (Wildman–Crippen LogP) is 1.45. The lowest BCUT2D eigenvalue weighted by Crippen LogP contribution is -2.28. The molecule has 0 spiro atoms. The van der Waals surface area contributed by atoms with Crippen LogP contribution in [0.1, 0.15) is 13.3 Å². The van der Waals surface area contributed by atoms with Gasteiger partial charge in [-0.15, -0.1) is 11.8 Å². The average Bonchev–Trinajstić information content (AvgIpc) is 2.40. The molecule has 1 aromatic rings. The molecule has 0 radical (unpaired) electrons. The van der Waals surface area contributed by atoms with Crippen LogP contribution in [-0.2, 0) is 9.59 Å². The maximum Gasteiger partial charge on any atom is 0.228 e. The lowest BCUT2D eigenvalue weighted by molar-refractivity contribution is -0.119. The zero-order chi connectivity index (χ0) is 15.0. The second kappa shape index (κ2) is 8.60. The summed E-state index contributed by atoms with van der Waals surface area (Å²) in [5, 5.41) is 5.90. The highest BCUT2D eigenvalue weighted by molar-refractivity contribution is 7.99. The van der Waals surface area contributed by atoms with Crippen molar-refractivity contribution in [1.29, 1.82) is 0 Å². The van der Waals surface area contributed by atoms with Gasteiger partial charge in [-0.2, -0.15) is 0 Å². The fraction of sp³-hybridized carbons (Fsp3) is 0.429. The Hall–Kier alpha value is -1.53. The summed E-state index contributed by atoms with van der Waals surface area (Å²) in [5.74, 6) is 0.154. The van der Waals surface area contributed by atoms with Crippen LogP contribution < -0.4 is 16.4 Å². The van der Waals surface area contributed by atoms with Crippen molar-refractivity contribution in [3.05, 3.63) is 24.3 Å². The molecule has 0 aliphatic rings. The number of hydrogen-bond acceptors (Lipinski definition) is 4. The zero-order valence-corrected chi connectivity index (χ0v) is 12.6. The molecule has 0 saturated heterocycles. The molecule has 6 heteroatoms. The molecule has 0 aliphatic carbocycles. The van der Waals surface area contributed by atoms with Crippen LogP contribution in [0.5, 0.6) is 0 Å². The van der Waals surface area contributed by atoms with Crippen LogP contribution in [-0.4, -0.2) is 31.2 Å². The molecule has 20 heavy (non-hydrogen) atoms. The number of para-hydroxylation sites is 1. The zero-order valence-electron chi connectivity index (χ0n) is 11.8. The summed E-state index contributed by atoms with van der Waals surface area (Å²) in [6.45, 7) is 2.50. The van der Waals surface area contributed by atoms with Crippen LogP contribution in [0.3, 0.4) is 0 Å². The van der Waals surface area contributed by atoms with Crippen LogP contribution in [0.4, 0.5) is 5.69 Å². The fourth-order valence-corrected chi connectivity index (χ4v) is 2.58. The number of benzene rings is 1. The molecular weight excluding hydrogens is 274 g/mol. The van der Waals surface area contributed by atoms with Crippen LogP contribution >= 0.6 is 11.8 Å². The predicted molar refractivity (Wildman–Crippen MR) is 82.7 cm³/mol. The summed E-state index contributed by atoms with van der Waals surface area (Å²) in [6, 6.07) is 7.55. The van der Waals surface area contributed by atoms with Gasteiger partial charge in [-0.3, -0.25) is 9.59 Å². The Morgan fingerprint density at radius 3 is 2.70 bits per heavy atom. The van der Waals surface area contributed by atoms with E-state index in [-0.39, 0.29) is 17.7 Å². The second-order valence-corrected chi connectivity index (χ2v) is 5.65. The lowest BCUT2D eigenvalue weighted by atomic mass is 10.1. The number of amides is 2. The van der Waals surface area contributed by atoms with E-state index in [2.05, 4.69) is 10.6 Å². The van der Waals surface area contributed by atoms with Crippen molar-refractivity contribution in [1.82, 2.24) is 5.32 Å².